The van der Waals surface area contributed by atoms with Crippen LogP contribution in [0.4, 0.5) is 11.4 Å². The van der Waals surface area contributed by atoms with Crippen molar-refractivity contribution in [2.75, 3.05) is 15.9 Å². The first kappa shape index (κ1) is 24.4. The maximum atomic E-state index is 13.1. The van der Waals surface area contributed by atoms with Gasteiger partial charge in [0.25, 0.3) is 5.91 Å². The summed E-state index contributed by atoms with van der Waals surface area (Å²) in [6.45, 7) is 10.8. The number of carbonyl (C=O) groups is 2. The Morgan fingerprint density at radius 3 is 2.23 bits per heavy atom. The zero-order valence-electron chi connectivity index (χ0n) is 19.1. The number of amides is 2. The van der Waals surface area contributed by atoms with Crippen LogP contribution in [0.15, 0.2) is 42.5 Å². The van der Waals surface area contributed by atoms with Crippen molar-refractivity contribution >= 4 is 33.2 Å². The molecule has 7 nitrogen and oxygen atoms in total. The molecular weight excluding hydrogens is 414 g/mol. The van der Waals surface area contributed by atoms with Gasteiger partial charge in [0.1, 0.15) is 6.04 Å². The van der Waals surface area contributed by atoms with E-state index in [2.05, 4.69) is 10.6 Å². The highest BCUT2D eigenvalue weighted by Crippen LogP contribution is 2.27. The molecule has 8 heteroatoms. The Hall–Kier alpha value is -2.87. The number of sulfonamides is 1. The van der Waals surface area contributed by atoms with Gasteiger partial charge in [-0.3, -0.25) is 13.9 Å². The van der Waals surface area contributed by atoms with Crippen LogP contribution in [0, 0.1) is 13.8 Å². The van der Waals surface area contributed by atoms with E-state index in [0.29, 0.717) is 16.9 Å². The lowest BCUT2D eigenvalue weighted by molar-refractivity contribution is -0.116. The molecule has 0 fully saturated rings. The van der Waals surface area contributed by atoms with E-state index in [9.17, 15) is 18.0 Å². The summed E-state index contributed by atoms with van der Waals surface area (Å²) in [5.41, 5.74) is 2.24. The number of anilines is 2. The largest absolute Gasteiger partial charge is 0.347 e. The first-order valence-corrected chi connectivity index (χ1v) is 11.8. The fourth-order valence-corrected chi connectivity index (χ4v) is 4.40. The van der Waals surface area contributed by atoms with Crippen molar-refractivity contribution in [3.05, 3.63) is 59.2 Å². The Bertz CT molecular complexity index is 1090. The third-order valence-electron chi connectivity index (χ3n) is 4.61. The predicted molar refractivity (Wildman–Crippen MR) is 125 cm³/mol. The molecule has 0 bridgehead atoms. The maximum Gasteiger partial charge on any atom is 0.253 e. The molecule has 0 saturated heterocycles. The summed E-state index contributed by atoms with van der Waals surface area (Å²) in [7, 11) is -3.75. The first-order chi connectivity index (χ1) is 14.2. The van der Waals surface area contributed by atoms with Crippen LogP contribution in [0.5, 0.6) is 0 Å². The van der Waals surface area contributed by atoms with E-state index in [-0.39, 0.29) is 5.91 Å². The number of rotatable bonds is 6. The zero-order chi connectivity index (χ0) is 23.6. The molecule has 0 aromatic heterocycles. The number of nitrogens with zero attached hydrogens (tertiary/aromatic N) is 1. The van der Waals surface area contributed by atoms with Crippen molar-refractivity contribution in [2.24, 2.45) is 0 Å². The minimum Gasteiger partial charge on any atom is -0.347 e. The van der Waals surface area contributed by atoms with E-state index in [0.717, 1.165) is 21.7 Å². The molecule has 0 heterocycles. The van der Waals surface area contributed by atoms with Crippen LogP contribution >= 0.6 is 0 Å². The fraction of sp³-hybridized carbons (Fsp3) is 0.391. The van der Waals surface area contributed by atoms with Crippen LogP contribution in [-0.2, 0) is 14.8 Å². The summed E-state index contributed by atoms with van der Waals surface area (Å²) in [4.78, 5) is 25.7. The van der Waals surface area contributed by atoms with Crippen LogP contribution in [0.2, 0.25) is 0 Å². The van der Waals surface area contributed by atoms with Gasteiger partial charge in [0.05, 0.1) is 23.2 Å². The summed E-state index contributed by atoms with van der Waals surface area (Å²) in [5, 5.41) is 5.60. The lowest BCUT2D eigenvalue weighted by Gasteiger charge is -2.30. The molecule has 2 aromatic carbocycles. The van der Waals surface area contributed by atoms with Crippen molar-refractivity contribution in [2.45, 2.75) is 53.1 Å². The number of carbonyl (C=O) groups excluding carboxylic acids is 2. The summed E-state index contributed by atoms with van der Waals surface area (Å²) < 4.78 is 26.3. The zero-order valence-corrected chi connectivity index (χ0v) is 19.9. The van der Waals surface area contributed by atoms with Gasteiger partial charge in [0.15, 0.2) is 0 Å². The Morgan fingerprint density at radius 2 is 1.65 bits per heavy atom. The van der Waals surface area contributed by atoms with E-state index in [4.69, 9.17) is 0 Å². The van der Waals surface area contributed by atoms with Gasteiger partial charge in [-0.2, -0.15) is 0 Å². The molecule has 0 aliphatic carbocycles. The average Bonchev–Trinajstić information content (AvgIpc) is 2.62. The van der Waals surface area contributed by atoms with Gasteiger partial charge in [-0.05, 0) is 70.9 Å². The van der Waals surface area contributed by atoms with Gasteiger partial charge < -0.3 is 10.6 Å². The third-order valence-corrected chi connectivity index (χ3v) is 5.84. The molecule has 0 saturated carbocycles. The molecule has 2 aromatic rings. The van der Waals surface area contributed by atoms with E-state index < -0.39 is 27.5 Å². The van der Waals surface area contributed by atoms with Gasteiger partial charge in [-0.25, -0.2) is 8.42 Å². The molecule has 0 radical (unpaired) electrons. The minimum absolute atomic E-state index is 0.301. The molecule has 2 rings (SSSR count). The lowest BCUT2D eigenvalue weighted by Crippen LogP contribution is -2.46. The molecule has 0 aliphatic rings. The second-order valence-corrected chi connectivity index (χ2v) is 10.6. The third kappa shape index (κ3) is 6.30. The van der Waals surface area contributed by atoms with Crippen molar-refractivity contribution in [1.29, 1.82) is 0 Å². The van der Waals surface area contributed by atoms with E-state index in [1.165, 1.54) is 6.92 Å². The number of hydrogen-bond acceptors (Lipinski definition) is 4. The van der Waals surface area contributed by atoms with Crippen molar-refractivity contribution < 1.29 is 18.0 Å². The van der Waals surface area contributed by atoms with E-state index in [1.807, 2.05) is 39.8 Å². The standard InChI is InChI=1S/C23H31N3O4S/c1-15-12-13-16(2)20(14-15)26(31(7,29)30)17(3)21(27)24-19-11-9-8-10-18(19)22(28)25-23(4,5)6/h8-14,17H,1-7H3,(H,24,27)(H,25,28)/t17-/m0/s1. The quantitative estimate of drug-likeness (QED) is 0.710. The average molecular weight is 446 g/mol. The summed E-state index contributed by atoms with van der Waals surface area (Å²) in [5.74, 6) is -0.868. The highest BCUT2D eigenvalue weighted by molar-refractivity contribution is 7.92. The Labute approximate surface area is 184 Å². The second kappa shape index (κ2) is 9.09. The smallest absolute Gasteiger partial charge is 0.253 e. The van der Waals surface area contributed by atoms with Gasteiger partial charge in [-0.1, -0.05) is 24.3 Å². The second-order valence-electron chi connectivity index (χ2n) is 8.76. The SMILES string of the molecule is Cc1ccc(C)c(N([C@@H](C)C(=O)Nc2ccccc2C(=O)NC(C)(C)C)S(C)(=O)=O)c1. The maximum absolute atomic E-state index is 13.1. The topological polar surface area (TPSA) is 95.6 Å². The lowest BCUT2D eigenvalue weighted by atomic mass is 10.1. The summed E-state index contributed by atoms with van der Waals surface area (Å²) in [6, 6.07) is 11.0. The van der Waals surface area contributed by atoms with Gasteiger partial charge in [-0.15, -0.1) is 0 Å². The molecule has 2 N–H and O–H groups in total. The normalized spacial score (nSPS) is 12.7. The first-order valence-electron chi connectivity index (χ1n) is 10.00. The number of benzene rings is 2. The van der Waals surface area contributed by atoms with Crippen LogP contribution in [-0.4, -0.2) is 38.1 Å². The van der Waals surface area contributed by atoms with Gasteiger partial charge in [0, 0.05) is 5.54 Å². The van der Waals surface area contributed by atoms with Crippen LogP contribution in [0.1, 0.15) is 49.2 Å². The molecule has 168 valence electrons. The predicted octanol–water partition coefficient (Wildman–Crippen LogP) is 3.62. The van der Waals surface area contributed by atoms with Crippen LogP contribution in [0.25, 0.3) is 0 Å². The molecule has 0 unspecified atom stereocenters. The summed E-state index contributed by atoms with van der Waals surface area (Å²) in [6.07, 6.45) is 1.07. The van der Waals surface area contributed by atoms with Crippen molar-refractivity contribution in [3.63, 3.8) is 0 Å². The Balaban J connectivity index is 2.39. The van der Waals surface area contributed by atoms with E-state index in [1.54, 1.807) is 37.3 Å². The molecule has 1 atom stereocenters. The number of aryl methyl sites for hydroxylation is 2. The minimum atomic E-state index is -3.75. The number of hydrogen-bond donors (Lipinski definition) is 2. The van der Waals surface area contributed by atoms with Crippen molar-refractivity contribution in [3.8, 4) is 0 Å². The molecular formula is C23H31N3O4S. The van der Waals surface area contributed by atoms with Gasteiger partial charge >= 0.3 is 0 Å². The van der Waals surface area contributed by atoms with Gasteiger partial charge in [0.2, 0.25) is 15.9 Å². The van der Waals surface area contributed by atoms with Crippen LogP contribution < -0.4 is 14.9 Å². The Morgan fingerprint density at radius 1 is 1.03 bits per heavy atom. The Kier molecular flexibility index (Phi) is 7.16. The molecule has 0 spiro atoms. The molecule has 0 aliphatic heterocycles. The molecule has 2 amide bonds. The number of para-hydroxylation sites is 1. The summed E-state index contributed by atoms with van der Waals surface area (Å²) >= 11 is 0. The van der Waals surface area contributed by atoms with Crippen LogP contribution in [0.3, 0.4) is 0 Å². The monoisotopic (exact) mass is 445 g/mol. The molecule has 31 heavy (non-hydrogen) atoms. The highest BCUT2D eigenvalue weighted by atomic mass is 32.2. The van der Waals surface area contributed by atoms with Crippen molar-refractivity contribution in [1.82, 2.24) is 5.32 Å². The number of nitrogens with one attached hydrogen (secondary N) is 2. The van der Waals surface area contributed by atoms with E-state index >= 15 is 0 Å². The fourth-order valence-electron chi connectivity index (χ4n) is 3.17. The highest BCUT2D eigenvalue weighted by Gasteiger charge is 2.31.